The molecule has 0 saturated carbocycles. The largest absolute Gasteiger partial charge is 0.445 e. The first kappa shape index (κ1) is 21.1. The summed E-state index contributed by atoms with van der Waals surface area (Å²) in [6, 6.07) is 14.1. The first-order chi connectivity index (χ1) is 14.8. The number of amides is 1. The summed E-state index contributed by atoms with van der Waals surface area (Å²) in [5.41, 5.74) is 0.582. The molecule has 0 fully saturated rings. The number of carbonyl (C=O) groups is 2. The standard InChI is InChI=1S/C23H22ClN3O4/c1-14(2)27(13-19-25-26-20(30-19)17-10-6-7-11-18(17)24)22(29)23(3)12-15-8-4-5-9-16(15)21(28)31-23/h4-11,14H,12-13H2,1-3H3/t23-/m1/s1. The van der Waals surface area contributed by atoms with E-state index in [1.807, 2.05) is 38.1 Å². The maximum Gasteiger partial charge on any atom is 0.339 e. The summed E-state index contributed by atoms with van der Waals surface area (Å²) in [6.45, 7) is 5.49. The molecule has 0 radical (unpaired) electrons. The molecule has 0 N–H and O–H groups in total. The van der Waals surface area contributed by atoms with Crippen LogP contribution in [0.4, 0.5) is 0 Å². The highest BCUT2D eigenvalue weighted by molar-refractivity contribution is 6.33. The summed E-state index contributed by atoms with van der Waals surface area (Å²) in [5.74, 6) is -0.271. The van der Waals surface area contributed by atoms with Crippen LogP contribution in [0, 0.1) is 0 Å². The van der Waals surface area contributed by atoms with Gasteiger partial charge in [0.15, 0.2) is 5.60 Å². The molecular weight excluding hydrogens is 418 g/mol. The molecule has 160 valence electrons. The number of benzene rings is 2. The van der Waals surface area contributed by atoms with Crippen LogP contribution < -0.4 is 0 Å². The maximum atomic E-state index is 13.5. The van der Waals surface area contributed by atoms with Gasteiger partial charge in [0.05, 0.1) is 22.7 Å². The third-order valence-corrected chi connectivity index (χ3v) is 5.63. The zero-order chi connectivity index (χ0) is 22.2. The molecule has 2 heterocycles. The molecule has 7 nitrogen and oxygen atoms in total. The highest BCUT2D eigenvalue weighted by atomic mass is 35.5. The number of aromatic nitrogens is 2. The molecule has 1 amide bonds. The quantitative estimate of drug-likeness (QED) is 0.551. The number of nitrogens with zero attached hydrogens (tertiary/aromatic N) is 3. The molecule has 2 aromatic carbocycles. The predicted octanol–water partition coefficient (Wildman–Crippen LogP) is 4.30. The van der Waals surface area contributed by atoms with Crippen molar-refractivity contribution < 1.29 is 18.7 Å². The van der Waals surface area contributed by atoms with Crippen LogP contribution in [-0.2, 0) is 22.5 Å². The lowest BCUT2D eigenvalue weighted by atomic mass is 9.88. The number of rotatable bonds is 5. The van der Waals surface area contributed by atoms with Crippen LogP contribution >= 0.6 is 11.6 Å². The minimum absolute atomic E-state index is 0.0861. The van der Waals surface area contributed by atoms with Crippen LogP contribution in [0.2, 0.25) is 5.02 Å². The summed E-state index contributed by atoms with van der Waals surface area (Å²) in [6.07, 6.45) is 0.297. The molecule has 0 aliphatic carbocycles. The summed E-state index contributed by atoms with van der Waals surface area (Å²) < 4.78 is 11.4. The molecule has 0 spiro atoms. The number of carbonyl (C=O) groups excluding carboxylic acids is 2. The average molecular weight is 440 g/mol. The van der Waals surface area contributed by atoms with Gasteiger partial charge in [0.2, 0.25) is 11.8 Å². The molecule has 0 bridgehead atoms. The van der Waals surface area contributed by atoms with Crippen LogP contribution in [0.1, 0.15) is 42.6 Å². The normalized spacial score (nSPS) is 17.9. The minimum atomic E-state index is -1.32. The van der Waals surface area contributed by atoms with E-state index < -0.39 is 11.6 Å². The maximum absolute atomic E-state index is 13.5. The van der Waals surface area contributed by atoms with Crippen molar-refractivity contribution in [3.63, 3.8) is 0 Å². The second-order valence-corrected chi connectivity index (χ2v) is 8.37. The molecule has 8 heteroatoms. The van der Waals surface area contributed by atoms with Crippen molar-refractivity contribution in [1.29, 1.82) is 0 Å². The van der Waals surface area contributed by atoms with Crippen molar-refractivity contribution in [3.8, 4) is 11.5 Å². The summed E-state index contributed by atoms with van der Waals surface area (Å²) in [5, 5.41) is 8.64. The fraction of sp³-hybridized carbons (Fsp3) is 0.304. The van der Waals surface area contributed by atoms with Crippen LogP contribution in [0.25, 0.3) is 11.5 Å². The van der Waals surface area contributed by atoms with Crippen LogP contribution in [0.15, 0.2) is 52.9 Å². The molecule has 1 atom stereocenters. The number of fused-ring (bicyclic) bond motifs is 1. The number of cyclic esters (lactones) is 1. The molecule has 1 aromatic heterocycles. The summed E-state index contributed by atoms with van der Waals surface area (Å²) >= 11 is 6.21. The average Bonchev–Trinajstić information content (AvgIpc) is 3.20. The van der Waals surface area contributed by atoms with Crippen molar-refractivity contribution >= 4 is 23.5 Å². The second kappa shape index (κ2) is 8.15. The smallest absolute Gasteiger partial charge is 0.339 e. The van der Waals surface area contributed by atoms with E-state index in [1.165, 1.54) is 0 Å². The van der Waals surface area contributed by atoms with E-state index in [2.05, 4.69) is 10.2 Å². The number of ether oxygens (including phenoxy) is 1. The molecule has 4 rings (SSSR count). The van der Waals surface area contributed by atoms with Crippen LogP contribution in [0.3, 0.4) is 0 Å². The number of halogens is 1. The Bertz CT molecular complexity index is 1140. The Kier molecular flexibility index (Phi) is 5.54. The Balaban J connectivity index is 1.58. The molecule has 1 aliphatic rings. The third-order valence-electron chi connectivity index (χ3n) is 5.30. The first-order valence-corrected chi connectivity index (χ1v) is 10.4. The van der Waals surface area contributed by atoms with Gasteiger partial charge in [0.1, 0.15) is 0 Å². The first-order valence-electron chi connectivity index (χ1n) is 9.98. The van der Waals surface area contributed by atoms with Gasteiger partial charge in [-0.3, -0.25) is 4.79 Å². The van der Waals surface area contributed by atoms with E-state index in [4.69, 9.17) is 20.8 Å². The Morgan fingerprint density at radius 2 is 1.81 bits per heavy atom. The lowest BCUT2D eigenvalue weighted by Gasteiger charge is -2.38. The Labute approximate surface area is 185 Å². The number of esters is 1. The van der Waals surface area contributed by atoms with Gasteiger partial charge in [-0.05, 0) is 44.5 Å². The van der Waals surface area contributed by atoms with Crippen molar-refractivity contribution in [2.24, 2.45) is 0 Å². The number of hydrogen-bond acceptors (Lipinski definition) is 6. The fourth-order valence-corrected chi connectivity index (χ4v) is 3.87. The van der Waals surface area contributed by atoms with E-state index in [1.54, 1.807) is 36.1 Å². The van der Waals surface area contributed by atoms with Gasteiger partial charge in [-0.2, -0.15) is 0 Å². The van der Waals surface area contributed by atoms with E-state index >= 15 is 0 Å². The monoisotopic (exact) mass is 439 g/mol. The van der Waals surface area contributed by atoms with E-state index in [0.29, 0.717) is 22.6 Å². The Morgan fingerprint density at radius 1 is 1.13 bits per heavy atom. The molecule has 3 aromatic rings. The highest BCUT2D eigenvalue weighted by Crippen LogP contribution is 2.31. The zero-order valence-corrected chi connectivity index (χ0v) is 18.2. The molecule has 31 heavy (non-hydrogen) atoms. The third kappa shape index (κ3) is 4.05. The topological polar surface area (TPSA) is 85.5 Å². The SMILES string of the molecule is CC(C)N(Cc1nnc(-c2ccccc2Cl)o1)C(=O)[C@@]1(C)Cc2ccccc2C(=O)O1. The molecule has 0 saturated heterocycles. The molecule has 0 unspecified atom stereocenters. The molecule has 1 aliphatic heterocycles. The van der Waals surface area contributed by atoms with Gasteiger partial charge < -0.3 is 14.1 Å². The van der Waals surface area contributed by atoms with E-state index in [9.17, 15) is 9.59 Å². The minimum Gasteiger partial charge on any atom is -0.445 e. The zero-order valence-electron chi connectivity index (χ0n) is 17.5. The predicted molar refractivity (Wildman–Crippen MR) is 114 cm³/mol. The van der Waals surface area contributed by atoms with Crippen molar-refractivity contribution in [2.75, 3.05) is 0 Å². The van der Waals surface area contributed by atoms with Gasteiger partial charge in [0.25, 0.3) is 5.91 Å². The van der Waals surface area contributed by atoms with Crippen molar-refractivity contribution in [3.05, 3.63) is 70.6 Å². The van der Waals surface area contributed by atoms with Crippen molar-refractivity contribution in [1.82, 2.24) is 15.1 Å². The molecular formula is C23H22ClN3O4. The number of hydrogen-bond donors (Lipinski definition) is 0. The Hall–Kier alpha value is -3.19. The lowest BCUT2D eigenvalue weighted by Crippen LogP contribution is -2.54. The highest BCUT2D eigenvalue weighted by Gasteiger charge is 2.45. The second-order valence-electron chi connectivity index (χ2n) is 7.96. The van der Waals surface area contributed by atoms with Gasteiger partial charge >= 0.3 is 5.97 Å². The van der Waals surface area contributed by atoms with Crippen LogP contribution in [-0.4, -0.2) is 38.6 Å². The lowest BCUT2D eigenvalue weighted by molar-refractivity contribution is -0.154. The summed E-state index contributed by atoms with van der Waals surface area (Å²) in [7, 11) is 0. The van der Waals surface area contributed by atoms with E-state index in [0.717, 1.165) is 5.56 Å². The van der Waals surface area contributed by atoms with Gasteiger partial charge in [-0.1, -0.05) is 41.9 Å². The van der Waals surface area contributed by atoms with Crippen LogP contribution in [0.5, 0.6) is 0 Å². The van der Waals surface area contributed by atoms with Crippen molar-refractivity contribution in [2.45, 2.75) is 45.4 Å². The van der Waals surface area contributed by atoms with Gasteiger partial charge in [0, 0.05) is 12.5 Å². The van der Waals surface area contributed by atoms with Gasteiger partial charge in [-0.15, -0.1) is 10.2 Å². The van der Waals surface area contributed by atoms with Gasteiger partial charge in [-0.25, -0.2) is 4.79 Å². The van der Waals surface area contributed by atoms with E-state index in [-0.39, 0.29) is 30.3 Å². The summed E-state index contributed by atoms with van der Waals surface area (Å²) in [4.78, 5) is 27.6. The Morgan fingerprint density at radius 3 is 2.52 bits per heavy atom. The fourth-order valence-electron chi connectivity index (χ4n) is 3.65.